The first-order valence-electron chi connectivity index (χ1n) is 9.95. The zero-order valence-electron chi connectivity index (χ0n) is 17.3. The average molecular weight is 406 g/mol. The summed E-state index contributed by atoms with van der Waals surface area (Å²) in [5.41, 5.74) is 5.77. The highest BCUT2D eigenvalue weighted by Crippen LogP contribution is 2.21. The van der Waals surface area contributed by atoms with Crippen LogP contribution in [0.3, 0.4) is 0 Å². The van der Waals surface area contributed by atoms with E-state index in [1.807, 2.05) is 80.6 Å². The molecule has 0 spiro atoms. The third-order valence-corrected chi connectivity index (χ3v) is 4.74. The molecule has 3 rings (SSSR count). The number of hydrogen-bond donors (Lipinski definition) is 2. The smallest absolute Gasteiger partial charge is 0.279 e. The third kappa shape index (κ3) is 5.29. The molecule has 0 saturated carbocycles. The van der Waals surface area contributed by atoms with Crippen molar-refractivity contribution >= 4 is 22.6 Å². The molecule has 0 bridgehead atoms. The molecule has 0 unspecified atom stereocenters. The molecule has 0 aliphatic rings. The summed E-state index contributed by atoms with van der Waals surface area (Å²) in [5, 5.41) is 2.11. The van der Waals surface area contributed by atoms with Gasteiger partial charge in [0.05, 0.1) is 0 Å². The van der Waals surface area contributed by atoms with E-state index in [0.717, 1.165) is 16.3 Å². The van der Waals surface area contributed by atoms with E-state index in [0.29, 0.717) is 17.9 Å². The first-order valence-corrected chi connectivity index (χ1v) is 9.95. The van der Waals surface area contributed by atoms with Gasteiger partial charge in [-0.2, -0.15) is 0 Å². The van der Waals surface area contributed by atoms with Crippen molar-refractivity contribution in [1.82, 2.24) is 10.9 Å². The number of nitrogens with one attached hydrogen (secondary N) is 2. The Bertz CT molecular complexity index is 1030. The van der Waals surface area contributed by atoms with Gasteiger partial charge in [-0.1, -0.05) is 55.5 Å². The van der Waals surface area contributed by atoms with Gasteiger partial charge in [0, 0.05) is 0 Å². The summed E-state index contributed by atoms with van der Waals surface area (Å²) >= 11 is 0. The topological polar surface area (TPSA) is 76.7 Å². The van der Waals surface area contributed by atoms with Gasteiger partial charge >= 0.3 is 0 Å². The molecule has 30 heavy (non-hydrogen) atoms. The maximum Gasteiger partial charge on any atom is 0.279 e. The summed E-state index contributed by atoms with van der Waals surface area (Å²) in [6, 6.07) is 21.0. The molecule has 6 heteroatoms. The fourth-order valence-electron chi connectivity index (χ4n) is 2.97. The van der Waals surface area contributed by atoms with Crippen LogP contribution in [0, 0.1) is 6.92 Å². The summed E-state index contributed by atoms with van der Waals surface area (Å²) in [4.78, 5) is 24.8. The van der Waals surface area contributed by atoms with Crippen LogP contribution in [0.15, 0.2) is 66.7 Å². The molecule has 0 aliphatic heterocycles. The largest absolute Gasteiger partial charge is 0.481 e. The molecule has 0 aliphatic carbocycles. The van der Waals surface area contributed by atoms with E-state index in [-0.39, 0.29) is 0 Å². The molecular weight excluding hydrogens is 380 g/mol. The van der Waals surface area contributed by atoms with Crippen LogP contribution < -0.4 is 20.3 Å². The monoisotopic (exact) mass is 406 g/mol. The lowest BCUT2D eigenvalue weighted by Gasteiger charge is -2.20. The van der Waals surface area contributed by atoms with Crippen LogP contribution in [0.25, 0.3) is 10.8 Å². The minimum absolute atomic E-state index is 0.424. The van der Waals surface area contributed by atoms with Crippen LogP contribution >= 0.6 is 0 Å². The van der Waals surface area contributed by atoms with E-state index in [9.17, 15) is 9.59 Å². The Hall–Kier alpha value is -3.54. The van der Waals surface area contributed by atoms with Crippen molar-refractivity contribution in [2.24, 2.45) is 0 Å². The average Bonchev–Trinajstić information content (AvgIpc) is 2.76. The normalized spacial score (nSPS) is 12.6. The predicted molar refractivity (Wildman–Crippen MR) is 116 cm³/mol. The van der Waals surface area contributed by atoms with Crippen LogP contribution in [0.1, 0.15) is 25.8 Å². The number of amides is 2. The molecule has 2 N–H and O–H groups in total. The van der Waals surface area contributed by atoms with Crippen molar-refractivity contribution in [2.45, 2.75) is 39.4 Å². The van der Waals surface area contributed by atoms with E-state index < -0.39 is 24.0 Å². The molecule has 0 radical (unpaired) electrons. The number of ether oxygens (including phenoxy) is 2. The van der Waals surface area contributed by atoms with Crippen molar-refractivity contribution in [3.05, 3.63) is 72.3 Å². The molecule has 2 atom stereocenters. The summed E-state index contributed by atoms with van der Waals surface area (Å²) in [6.07, 6.45) is -1.05. The quantitative estimate of drug-likeness (QED) is 0.583. The minimum atomic E-state index is -0.788. The van der Waals surface area contributed by atoms with Crippen molar-refractivity contribution in [2.75, 3.05) is 0 Å². The molecule has 3 aromatic rings. The lowest BCUT2D eigenvalue weighted by Crippen LogP contribution is -2.51. The molecule has 0 aromatic heterocycles. The van der Waals surface area contributed by atoms with Gasteiger partial charge in [-0.3, -0.25) is 20.4 Å². The highest BCUT2D eigenvalue weighted by atomic mass is 16.5. The summed E-state index contributed by atoms with van der Waals surface area (Å²) in [6.45, 7) is 5.38. The van der Waals surface area contributed by atoms with Gasteiger partial charge < -0.3 is 9.47 Å². The molecule has 0 heterocycles. The van der Waals surface area contributed by atoms with E-state index in [2.05, 4.69) is 10.9 Å². The number of hydrogen-bond acceptors (Lipinski definition) is 4. The number of fused-ring (bicyclic) bond motifs is 1. The number of carbonyl (C=O) groups is 2. The number of aryl methyl sites for hydroxylation is 1. The molecule has 156 valence electrons. The van der Waals surface area contributed by atoms with Crippen LogP contribution in [-0.4, -0.2) is 24.0 Å². The maximum absolute atomic E-state index is 12.4. The summed E-state index contributed by atoms with van der Waals surface area (Å²) in [5.74, 6) is 0.338. The Balaban J connectivity index is 1.53. The second-order valence-corrected chi connectivity index (χ2v) is 7.03. The second kappa shape index (κ2) is 9.78. The lowest BCUT2D eigenvalue weighted by molar-refractivity contribution is -0.135. The molecule has 0 saturated heterocycles. The van der Waals surface area contributed by atoms with E-state index in [1.165, 1.54) is 0 Å². The first-order chi connectivity index (χ1) is 14.5. The van der Waals surface area contributed by atoms with Crippen molar-refractivity contribution in [1.29, 1.82) is 0 Å². The Morgan fingerprint density at radius 3 is 2.27 bits per heavy atom. The number of para-hydroxylation sites is 1. The number of rotatable bonds is 7. The SMILES string of the molecule is CC[C@@H](Oc1ccccc1C)C(=O)NNC(=O)[C@H](C)Oc1ccc2ccccc2c1. The van der Waals surface area contributed by atoms with Gasteiger partial charge in [0.15, 0.2) is 12.2 Å². The molecule has 6 nitrogen and oxygen atoms in total. The maximum atomic E-state index is 12.4. The lowest BCUT2D eigenvalue weighted by atomic mass is 10.1. The van der Waals surface area contributed by atoms with Gasteiger partial charge in [0.25, 0.3) is 11.8 Å². The van der Waals surface area contributed by atoms with Crippen molar-refractivity contribution < 1.29 is 19.1 Å². The van der Waals surface area contributed by atoms with Gasteiger partial charge in [-0.15, -0.1) is 0 Å². The van der Waals surface area contributed by atoms with Crippen LogP contribution in [-0.2, 0) is 9.59 Å². The van der Waals surface area contributed by atoms with Crippen molar-refractivity contribution in [3.8, 4) is 11.5 Å². The Morgan fingerprint density at radius 1 is 0.867 bits per heavy atom. The Labute approximate surface area is 176 Å². The highest BCUT2D eigenvalue weighted by Gasteiger charge is 2.21. The number of carbonyl (C=O) groups excluding carboxylic acids is 2. The summed E-state index contributed by atoms with van der Waals surface area (Å²) < 4.78 is 11.5. The third-order valence-electron chi connectivity index (χ3n) is 4.74. The van der Waals surface area contributed by atoms with E-state index in [4.69, 9.17) is 9.47 Å². The minimum Gasteiger partial charge on any atom is -0.481 e. The highest BCUT2D eigenvalue weighted by molar-refractivity contribution is 5.87. The van der Waals surface area contributed by atoms with Gasteiger partial charge in [0.2, 0.25) is 0 Å². The van der Waals surface area contributed by atoms with Gasteiger partial charge in [0.1, 0.15) is 11.5 Å². The van der Waals surface area contributed by atoms with Crippen molar-refractivity contribution in [3.63, 3.8) is 0 Å². The van der Waals surface area contributed by atoms with Gasteiger partial charge in [-0.05, 0) is 54.8 Å². The predicted octanol–water partition coefficient (Wildman–Crippen LogP) is 3.92. The van der Waals surface area contributed by atoms with E-state index in [1.54, 1.807) is 6.92 Å². The molecule has 2 amide bonds. The fraction of sp³-hybridized carbons (Fsp3) is 0.250. The summed E-state index contributed by atoms with van der Waals surface area (Å²) in [7, 11) is 0. The molecular formula is C24H26N2O4. The number of benzene rings is 3. The van der Waals surface area contributed by atoms with Crippen LogP contribution in [0.5, 0.6) is 11.5 Å². The number of hydrazine groups is 1. The standard InChI is InChI=1S/C24H26N2O4/c1-4-21(30-22-12-8-5-9-16(22)2)24(28)26-25-23(27)17(3)29-20-14-13-18-10-6-7-11-19(18)15-20/h5-15,17,21H,4H2,1-3H3,(H,25,27)(H,26,28)/t17-,21+/m0/s1. The fourth-order valence-corrected chi connectivity index (χ4v) is 2.97. The van der Waals surface area contributed by atoms with E-state index >= 15 is 0 Å². The zero-order valence-corrected chi connectivity index (χ0v) is 17.3. The Morgan fingerprint density at radius 2 is 1.53 bits per heavy atom. The zero-order chi connectivity index (χ0) is 21.5. The van der Waals surface area contributed by atoms with Crippen LogP contribution in [0.4, 0.5) is 0 Å². The van der Waals surface area contributed by atoms with Crippen LogP contribution in [0.2, 0.25) is 0 Å². The second-order valence-electron chi connectivity index (χ2n) is 7.03. The molecule has 3 aromatic carbocycles. The Kier molecular flexibility index (Phi) is 6.91. The van der Waals surface area contributed by atoms with Gasteiger partial charge in [-0.25, -0.2) is 0 Å². The first kappa shape index (κ1) is 21.2. The molecule has 0 fully saturated rings.